The first-order chi connectivity index (χ1) is 11.1. The molecule has 0 saturated heterocycles. The predicted molar refractivity (Wildman–Crippen MR) is 90.2 cm³/mol. The number of hydrogen-bond donors (Lipinski definition) is 1. The maximum atomic E-state index is 10.8. The van der Waals surface area contributed by atoms with Gasteiger partial charge in [-0.3, -0.25) is 4.79 Å². The zero-order valence-electron chi connectivity index (χ0n) is 12.9. The van der Waals surface area contributed by atoms with E-state index in [-0.39, 0.29) is 5.91 Å². The minimum Gasteiger partial charge on any atom is -0.493 e. The summed E-state index contributed by atoms with van der Waals surface area (Å²) in [6.07, 6.45) is 1.53. The van der Waals surface area contributed by atoms with Crippen molar-refractivity contribution in [1.29, 1.82) is 0 Å². The van der Waals surface area contributed by atoms with Crippen molar-refractivity contribution in [2.75, 3.05) is 7.11 Å². The molecule has 0 unspecified atom stereocenters. The monoisotopic (exact) mass is 332 g/mol. The molecule has 0 aliphatic heterocycles. The molecule has 0 aliphatic carbocycles. The molecule has 23 heavy (non-hydrogen) atoms. The smallest absolute Gasteiger partial charge is 0.236 e. The van der Waals surface area contributed by atoms with E-state index >= 15 is 0 Å². The van der Waals surface area contributed by atoms with Crippen molar-refractivity contribution in [3.63, 3.8) is 0 Å². The van der Waals surface area contributed by atoms with Gasteiger partial charge in [0.05, 0.1) is 13.3 Å². The second kappa shape index (κ2) is 8.19. The fourth-order valence-corrected chi connectivity index (χ4v) is 1.95. The van der Waals surface area contributed by atoms with Gasteiger partial charge in [-0.05, 0) is 41.5 Å². The Kier molecular flexibility index (Phi) is 6.00. The molecule has 0 radical (unpaired) electrons. The number of ether oxygens (including phenoxy) is 2. The number of methoxy groups -OCH3 is 1. The summed E-state index contributed by atoms with van der Waals surface area (Å²) >= 11 is 5.86. The van der Waals surface area contributed by atoms with Crippen molar-refractivity contribution >= 4 is 23.7 Å². The normalized spacial score (nSPS) is 10.6. The molecule has 120 valence electrons. The number of nitrogens with zero attached hydrogens (tertiary/aromatic N) is 1. The van der Waals surface area contributed by atoms with E-state index in [0.717, 1.165) is 11.1 Å². The number of carbonyl (C=O) groups is 1. The number of hydrazone groups is 1. The lowest BCUT2D eigenvalue weighted by Gasteiger charge is -2.11. The number of benzene rings is 2. The summed E-state index contributed by atoms with van der Waals surface area (Å²) in [5.74, 6) is 0.987. The Morgan fingerprint density at radius 2 is 1.96 bits per heavy atom. The third-order valence-electron chi connectivity index (χ3n) is 2.93. The molecule has 0 spiro atoms. The molecule has 6 heteroatoms. The molecule has 2 aromatic carbocycles. The molecule has 0 heterocycles. The molecule has 2 rings (SSSR count). The van der Waals surface area contributed by atoms with Gasteiger partial charge in [-0.1, -0.05) is 23.7 Å². The maximum absolute atomic E-state index is 10.8. The van der Waals surface area contributed by atoms with E-state index in [1.54, 1.807) is 19.2 Å². The Morgan fingerprint density at radius 1 is 1.22 bits per heavy atom. The lowest BCUT2D eigenvalue weighted by atomic mass is 10.2. The standard InChI is InChI=1S/C17H17ClN2O3/c1-12(21)20-19-10-14-5-8-16(17(9-14)22-2)23-11-13-3-6-15(18)7-4-13/h3-10H,11H2,1-2H3,(H,20,21)/b19-10+. The second-order valence-electron chi connectivity index (χ2n) is 4.75. The van der Waals surface area contributed by atoms with E-state index in [2.05, 4.69) is 10.5 Å². The molecule has 0 aliphatic rings. The summed E-state index contributed by atoms with van der Waals surface area (Å²) in [5.41, 5.74) is 4.14. The van der Waals surface area contributed by atoms with E-state index in [4.69, 9.17) is 21.1 Å². The zero-order valence-corrected chi connectivity index (χ0v) is 13.6. The fourth-order valence-electron chi connectivity index (χ4n) is 1.82. The van der Waals surface area contributed by atoms with Gasteiger partial charge in [-0.15, -0.1) is 0 Å². The minimum absolute atomic E-state index is 0.226. The third-order valence-corrected chi connectivity index (χ3v) is 3.18. The Hall–Kier alpha value is -2.53. The van der Waals surface area contributed by atoms with Gasteiger partial charge in [0.15, 0.2) is 11.5 Å². The van der Waals surface area contributed by atoms with Gasteiger partial charge < -0.3 is 9.47 Å². The van der Waals surface area contributed by atoms with Crippen LogP contribution in [-0.2, 0) is 11.4 Å². The molecule has 0 aromatic heterocycles. The SMILES string of the molecule is COc1cc(/C=N/NC(C)=O)ccc1OCc1ccc(Cl)cc1. The minimum atomic E-state index is -0.226. The molecular weight excluding hydrogens is 316 g/mol. The van der Waals surface area contributed by atoms with Gasteiger partial charge in [-0.25, -0.2) is 5.43 Å². The van der Waals surface area contributed by atoms with Crippen LogP contribution in [0.5, 0.6) is 11.5 Å². The number of amides is 1. The molecule has 0 saturated carbocycles. The van der Waals surface area contributed by atoms with Crippen molar-refractivity contribution in [1.82, 2.24) is 5.43 Å². The highest BCUT2D eigenvalue weighted by molar-refractivity contribution is 6.30. The van der Waals surface area contributed by atoms with Crippen LogP contribution < -0.4 is 14.9 Å². The van der Waals surface area contributed by atoms with Gasteiger partial charge in [-0.2, -0.15) is 5.10 Å². The van der Waals surface area contributed by atoms with Crippen LogP contribution >= 0.6 is 11.6 Å². The summed E-state index contributed by atoms with van der Waals surface area (Å²) < 4.78 is 11.1. The summed E-state index contributed by atoms with van der Waals surface area (Å²) in [6, 6.07) is 12.8. The largest absolute Gasteiger partial charge is 0.493 e. The average molecular weight is 333 g/mol. The molecular formula is C17H17ClN2O3. The Bertz CT molecular complexity index is 699. The number of nitrogens with one attached hydrogen (secondary N) is 1. The molecule has 1 N–H and O–H groups in total. The molecule has 0 fully saturated rings. The van der Waals surface area contributed by atoms with Crippen molar-refractivity contribution in [2.45, 2.75) is 13.5 Å². The van der Waals surface area contributed by atoms with Gasteiger partial charge >= 0.3 is 0 Å². The van der Waals surface area contributed by atoms with Crippen LogP contribution in [0.1, 0.15) is 18.1 Å². The summed E-state index contributed by atoms with van der Waals surface area (Å²) in [6.45, 7) is 1.80. The van der Waals surface area contributed by atoms with E-state index in [0.29, 0.717) is 23.1 Å². The van der Waals surface area contributed by atoms with Crippen LogP contribution in [0.15, 0.2) is 47.6 Å². The number of carbonyl (C=O) groups excluding carboxylic acids is 1. The first-order valence-corrected chi connectivity index (χ1v) is 7.31. The van der Waals surface area contributed by atoms with E-state index < -0.39 is 0 Å². The van der Waals surface area contributed by atoms with Crippen LogP contribution in [0, 0.1) is 0 Å². The second-order valence-corrected chi connectivity index (χ2v) is 5.19. The maximum Gasteiger partial charge on any atom is 0.236 e. The first-order valence-electron chi connectivity index (χ1n) is 6.93. The quantitative estimate of drug-likeness (QED) is 0.651. The van der Waals surface area contributed by atoms with Crippen LogP contribution in [0.25, 0.3) is 0 Å². The zero-order chi connectivity index (χ0) is 16.7. The fraction of sp³-hybridized carbons (Fsp3) is 0.176. The van der Waals surface area contributed by atoms with Crippen molar-refractivity contribution in [3.05, 3.63) is 58.6 Å². The van der Waals surface area contributed by atoms with Crippen molar-refractivity contribution in [2.24, 2.45) is 5.10 Å². The highest BCUT2D eigenvalue weighted by atomic mass is 35.5. The van der Waals surface area contributed by atoms with E-state index in [1.807, 2.05) is 30.3 Å². The average Bonchev–Trinajstić information content (AvgIpc) is 2.54. The predicted octanol–water partition coefficient (Wildman–Crippen LogP) is 3.40. The first kappa shape index (κ1) is 16.8. The van der Waals surface area contributed by atoms with Crippen LogP contribution in [0.2, 0.25) is 5.02 Å². The lowest BCUT2D eigenvalue weighted by Crippen LogP contribution is -2.12. The topological polar surface area (TPSA) is 59.9 Å². The molecule has 2 aromatic rings. The highest BCUT2D eigenvalue weighted by Crippen LogP contribution is 2.28. The van der Waals surface area contributed by atoms with Gasteiger partial charge in [0.2, 0.25) is 5.91 Å². The molecule has 5 nitrogen and oxygen atoms in total. The van der Waals surface area contributed by atoms with E-state index in [9.17, 15) is 4.79 Å². The van der Waals surface area contributed by atoms with Crippen LogP contribution in [-0.4, -0.2) is 19.2 Å². The summed E-state index contributed by atoms with van der Waals surface area (Å²) in [5, 5.41) is 4.50. The van der Waals surface area contributed by atoms with Crippen LogP contribution in [0.3, 0.4) is 0 Å². The third kappa shape index (κ3) is 5.30. The van der Waals surface area contributed by atoms with Crippen molar-refractivity contribution < 1.29 is 14.3 Å². The number of halogens is 1. The Balaban J connectivity index is 2.05. The van der Waals surface area contributed by atoms with Crippen LogP contribution in [0.4, 0.5) is 0 Å². The van der Waals surface area contributed by atoms with Crippen molar-refractivity contribution in [3.8, 4) is 11.5 Å². The highest BCUT2D eigenvalue weighted by Gasteiger charge is 2.05. The summed E-state index contributed by atoms with van der Waals surface area (Å²) in [4.78, 5) is 10.8. The van der Waals surface area contributed by atoms with Gasteiger partial charge in [0.25, 0.3) is 0 Å². The number of rotatable bonds is 6. The summed E-state index contributed by atoms with van der Waals surface area (Å²) in [7, 11) is 1.57. The molecule has 0 bridgehead atoms. The number of hydrogen-bond acceptors (Lipinski definition) is 4. The van der Waals surface area contributed by atoms with E-state index in [1.165, 1.54) is 13.1 Å². The molecule has 1 amide bonds. The Morgan fingerprint density at radius 3 is 2.61 bits per heavy atom. The van der Waals surface area contributed by atoms with Gasteiger partial charge in [0.1, 0.15) is 6.61 Å². The molecule has 0 atom stereocenters. The Labute approximate surface area is 139 Å². The lowest BCUT2D eigenvalue weighted by molar-refractivity contribution is -0.118. The van der Waals surface area contributed by atoms with Gasteiger partial charge in [0, 0.05) is 11.9 Å².